The average Bonchev–Trinajstić information content (AvgIpc) is 3.14. The average molecular weight is 677 g/mol. The molecule has 0 unspecified atom stereocenters. The molecule has 2 aromatic carbocycles. The summed E-state index contributed by atoms with van der Waals surface area (Å²) in [5, 5.41) is 18.3. The lowest BCUT2D eigenvalue weighted by atomic mass is 9.67. The number of unbranched alkanes of at least 4 members (excludes halogenated alkanes) is 2. The first kappa shape index (κ1) is 38.5. The molecule has 2 aliphatic rings. The van der Waals surface area contributed by atoms with Crippen LogP contribution in [0.3, 0.4) is 0 Å². The lowest BCUT2D eigenvalue weighted by molar-refractivity contribution is -0.144. The highest BCUT2D eigenvalue weighted by atomic mass is 19.1. The molecular formula is C42H57FO6. The molecule has 0 aliphatic heterocycles. The van der Waals surface area contributed by atoms with Crippen LogP contribution >= 0.6 is 0 Å². The van der Waals surface area contributed by atoms with Gasteiger partial charge in [0, 0.05) is 5.92 Å². The van der Waals surface area contributed by atoms with Crippen molar-refractivity contribution in [1.29, 1.82) is 0 Å². The van der Waals surface area contributed by atoms with Crippen molar-refractivity contribution < 1.29 is 33.7 Å². The van der Waals surface area contributed by atoms with E-state index in [0.717, 1.165) is 48.6 Å². The molecule has 2 aliphatic carbocycles. The third-order valence-electron chi connectivity index (χ3n) is 10.9. The normalized spacial score (nSPS) is 20.9. The predicted octanol–water partition coefficient (Wildman–Crippen LogP) is 8.54. The summed E-state index contributed by atoms with van der Waals surface area (Å²) in [6.07, 6.45) is 15.5. The van der Waals surface area contributed by atoms with E-state index in [4.69, 9.17) is 19.7 Å². The van der Waals surface area contributed by atoms with E-state index in [0.29, 0.717) is 18.8 Å². The fourth-order valence-corrected chi connectivity index (χ4v) is 7.72. The first-order valence-corrected chi connectivity index (χ1v) is 18.5. The smallest absolute Gasteiger partial charge is 0.335 e. The van der Waals surface area contributed by atoms with Gasteiger partial charge in [0.1, 0.15) is 5.82 Å². The van der Waals surface area contributed by atoms with Crippen LogP contribution in [0, 0.1) is 23.6 Å². The van der Waals surface area contributed by atoms with E-state index in [1.165, 1.54) is 62.5 Å². The minimum atomic E-state index is -0.727. The summed E-state index contributed by atoms with van der Waals surface area (Å²) in [7, 11) is 0. The van der Waals surface area contributed by atoms with E-state index >= 15 is 4.39 Å². The van der Waals surface area contributed by atoms with Gasteiger partial charge in [-0.05, 0) is 129 Å². The second kappa shape index (κ2) is 19.8. The van der Waals surface area contributed by atoms with Crippen LogP contribution in [0.1, 0.15) is 118 Å². The summed E-state index contributed by atoms with van der Waals surface area (Å²) in [6.45, 7) is 8.04. The number of esters is 2. The Labute approximate surface area is 292 Å². The van der Waals surface area contributed by atoms with Crippen LogP contribution in [-0.4, -0.2) is 48.6 Å². The van der Waals surface area contributed by atoms with Crippen LogP contribution in [-0.2, 0) is 31.9 Å². The number of aliphatic hydroxyl groups excluding tert-OH is 2. The Hall–Kier alpha value is -3.29. The Bertz CT molecular complexity index is 1340. The molecule has 268 valence electrons. The first-order valence-electron chi connectivity index (χ1n) is 18.5. The largest absolute Gasteiger partial charge is 0.462 e. The van der Waals surface area contributed by atoms with Crippen LogP contribution in [0.15, 0.2) is 66.8 Å². The Morgan fingerprint density at radius 3 is 1.80 bits per heavy atom. The highest BCUT2D eigenvalue weighted by molar-refractivity contribution is 5.88. The van der Waals surface area contributed by atoms with Gasteiger partial charge in [-0.2, -0.15) is 0 Å². The molecule has 0 atom stereocenters. The van der Waals surface area contributed by atoms with Gasteiger partial charge < -0.3 is 19.7 Å². The van der Waals surface area contributed by atoms with Crippen molar-refractivity contribution in [2.75, 3.05) is 26.4 Å². The van der Waals surface area contributed by atoms with Crippen LogP contribution in [0.5, 0.6) is 0 Å². The highest BCUT2D eigenvalue weighted by Crippen LogP contribution is 2.46. The molecule has 2 saturated carbocycles. The summed E-state index contributed by atoms with van der Waals surface area (Å²) in [4.78, 5) is 24.0. The van der Waals surface area contributed by atoms with Crippen molar-refractivity contribution in [2.45, 2.75) is 109 Å². The van der Waals surface area contributed by atoms with Gasteiger partial charge in [0.05, 0.1) is 37.6 Å². The number of benzene rings is 2. The molecule has 2 N–H and O–H groups in total. The van der Waals surface area contributed by atoms with Gasteiger partial charge in [-0.15, -0.1) is 0 Å². The molecule has 0 amide bonds. The maximum atomic E-state index is 15.5. The van der Waals surface area contributed by atoms with Crippen LogP contribution in [0.2, 0.25) is 0 Å². The predicted molar refractivity (Wildman–Crippen MR) is 192 cm³/mol. The molecule has 0 radical (unpaired) electrons. The fraction of sp³-hybridized carbons (Fsp3) is 0.571. The van der Waals surface area contributed by atoms with Gasteiger partial charge >= 0.3 is 11.9 Å². The van der Waals surface area contributed by atoms with Crippen molar-refractivity contribution in [2.24, 2.45) is 17.8 Å². The van der Waals surface area contributed by atoms with E-state index in [1.54, 1.807) is 6.07 Å². The van der Waals surface area contributed by atoms with Crippen molar-refractivity contribution in [3.05, 3.63) is 94.8 Å². The molecule has 49 heavy (non-hydrogen) atoms. The molecule has 0 heterocycles. The van der Waals surface area contributed by atoms with Crippen molar-refractivity contribution in [3.8, 4) is 0 Å². The van der Waals surface area contributed by atoms with Crippen molar-refractivity contribution in [1.82, 2.24) is 0 Å². The van der Waals surface area contributed by atoms with E-state index < -0.39 is 25.2 Å². The highest BCUT2D eigenvalue weighted by Gasteiger charge is 2.32. The quantitative estimate of drug-likeness (QED) is 0.0934. The van der Waals surface area contributed by atoms with Gasteiger partial charge in [-0.1, -0.05) is 69.3 Å². The molecule has 6 nitrogen and oxygen atoms in total. The Balaban J connectivity index is 1.24. The maximum absolute atomic E-state index is 15.5. The Morgan fingerprint density at radius 1 is 0.755 bits per heavy atom. The zero-order valence-corrected chi connectivity index (χ0v) is 29.5. The van der Waals surface area contributed by atoms with E-state index in [2.05, 4.69) is 44.3 Å². The van der Waals surface area contributed by atoms with E-state index in [1.807, 2.05) is 12.1 Å². The molecule has 0 bridgehead atoms. The molecule has 4 rings (SSSR count). The maximum Gasteiger partial charge on any atom is 0.335 e. The lowest BCUT2D eigenvalue weighted by Crippen LogP contribution is -2.25. The summed E-state index contributed by atoms with van der Waals surface area (Å²) >= 11 is 0. The SMILES string of the molecule is C=C(CO)C(=O)OCC(CCc1ccc(C2CCC(C3CCC(c4ccc(CCCCC)cc4)CC3)CC2)c(F)c1)COC(=O)C(=C)CO. The zero-order valence-electron chi connectivity index (χ0n) is 29.5. The molecule has 2 fully saturated rings. The number of hydrogen-bond acceptors (Lipinski definition) is 6. The van der Waals surface area contributed by atoms with Crippen LogP contribution in [0.4, 0.5) is 4.39 Å². The van der Waals surface area contributed by atoms with Crippen molar-refractivity contribution in [3.63, 3.8) is 0 Å². The number of halogens is 1. The van der Waals surface area contributed by atoms with Crippen molar-refractivity contribution >= 4 is 11.9 Å². The van der Waals surface area contributed by atoms with E-state index in [-0.39, 0.29) is 42.0 Å². The number of rotatable bonds is 18. The monoisotopic (exact) mass is 676 g/mol. The molecule has 2 aromatic rings. The lowest BCUT2D eigenvalue weighted by Gasteiger charge is -2.38. The first-order chi connectivity index (χ1) is 23.7. The topological polar surface area (TPSA) is 93.1 Å². The number of aryl methyl sites for hydroxylation is 2. The number of ether oxygens (including phenoxy) is 2. The summed E-state index contributed by atoms with van der Waals surface area (Å²) in [6, 6.07) is 15.0. The molecule has 0 saturated heterocycles. The van der Waals surface area contributed by atoms with E-state index in [9.17, 15) is 9.59 Å². The third kappa shape index (κ3) is 11.6. The summed E-state index contributed by atoms with van der Waals surface area (Å²) in [5.74, 6) is 0.444. The number of hydrogen-bond donors (Lipinski definition) is 2. The molecule has 7 heteroatoms. The second-order valence-corrected chi connectivity index (χ2v) is 14.4. The third-order valence-corrected chi connectivity index (χ3v) is 10.9. The molecule has 0 aromatic heterocycles. The molecule has 0 spiro atoms. The van der Waals surface area contributed by atoms with Gasteiger partial charge in [0.15, 0.2) is 0 Å². The minimum absolute atomic E-state index is 0.0610. The zero-order chi connectivity index (χ0) is 35.2. The number of aliphatic hydroxyl groups is 2. The standard InChI is InChI=1S/C42H57FO6/c1-4-5-6-7-31-10-13-34(14-11-31)35-15-17-36(18-16-35)37-19-21-38(22-20-37)39-23-12-32(24-40(39)43)8-9-33(27-48-41(46)29(2)25-44)28-49-42(47)30(3)26-45/h10-14,23-24,33,35-38,44-45H,2-9,15-22,25-28H2,1H3. The number of carbonyl (C=O) groups excluding carboxylic acids is 2. The van der Waals surface area contributed by atoms with Crippen LogP contribution in [0.25, 0.3) is 0 Å². The van der Waals surface area contributed by atoms with Crippen LogP contribution < -0.4 is 0 Å². The fourth-order valence-electron chi connectivity index (χ4n) is 7.72. The Morgan fingerprint density at radius 2 is 1.29 bits per heavy atom. The van der Waals surface area contributed by atoms with Gasteiger partial charge in [-0.3, -0.25) is 0 Å². The second-order valence-electron chi connectivity index (χ2n) is 14.4. The summed E-state index contributed by atoms with van der Waals surface area (Å²) < 4.78 is 26.0. The van der Waals surface area contributed by atoms with Gasteiger partial charge in [0.2, 0.25) is 0 Å². The Kier molecular flexibility index (Phi) is 15.5. The minimum Gasteiger partial charge on any atom is -0.462 e. The summed E-state index contributed by atoms with van der Waals surface area (Å²) in [5.41, 5.74) is 4.45. The van der Waals surface area contributed by atoms with Gasteiger partial charge in [0.25, 0.3) is 0 Å². The molecular weight excluding hydrogens is 619 g/mol. The number of carbonyl (C=O) groups is 2. The van der Waals surface area contributed by atoms with Gasteiger partial charge in [-0.25, -0.2) is 14.0 Å².